The molecule has 1 fully saturated rings. The lowest BCUT2D eigenvalue weighted by Gasteiger charge is -2.20. The number of aliphatic hydroxyl groups excluding tert-OH is 1. The third kappa shape index (κ3) is 5.02. The molecule has 17 heavy (non-hydrogen) atoms. The summed E-state index contributed by atoms with van der Waals surface area (Å²) in [5, 5.41) is 9.01. The summed E-state index contributed by atoms with van der Waals surface area (Å²) in [4.78, 5) is 15.7. The minimum atomic E-state index is 0.124. The van der Waals surface area contributed by atoms with Crippen molar-refractivity contribution in [1.82, 2.24) is 9.80 Å². The standard InChI is InChI=1S/C12H25N3O2/c1-14(5-2-4-13)6-3-7-15-9-11(10-16)8-12(15)17/h11,16H,2-10,13H2,1H3. The van der Waals surface area contributed by atoms with Gasteiger partial charge in [0.2, 0.25) is 5.91 Å². The lowest BCUT2D eigenvalue weighted by molar-refractivity contribution is -0.127. The molecule has 1 atom stereocenters. The molecule has 1 aliphatic rings. The van der Waals surface area contributed by atoms with Gasteiger partial charge in [-0.1, -0.05) is 0 Å². The summed E-state index contributed by atoms with van der Waals surface area (Å²) in [6.45, 7) is 4.40. The zero-order chi connectivity index (χ0) is 12.7. The molecular formula is C12H25N3O2. The minimum Gasteiger partial charge on any atom is -0.396 e. The topological polar surface area (TPSA) is 69.8 Å². The number of aliphatic hydroxyl groups is 1. The monoisotopic (exact) mass is 243 g/mol. The number of nitrogens with two attached hydrogens (primary N) is 1. The molecule has 0 bridgehead atoms. The van der Waals surface area contributed by atoms with Gasteiger partial charge in [0.15, 0.2) is 0 Å². The maximum absolute atomic E-state index is 11.6. The number of carbonyl (C=O) groups excluding carboxylic acids is 1. The third-order valence-corrected chi connectivity index (χ3v) is 3.26. The van der Waals surface area contributed by atoms with Crippen molar-refractivity contribution in [1.29, 1.82) is 0 Å². The molecule has 0 saturated carbocycles. The smallest absolute Gasteiger partial charge is 0.223 e. The van der Waals surface area contributed by atoms with Gasteiger partial charge < -0.3 is 20.6 Å². The van der Waals surface area contributed by atoms with Gasteiger partial charge in [-0.05, 0) is 39.5 Å². The quantitative estimate of drug-likeness (QED) is 0.603. The van der Waals surface area contributed by atoms with E-state index in [1.54, 1.807) is 0 Å². The van der Waals surface area contributed by atoms with E-state index < -0.39 is 0 Å². The Morgan fingerprint density at radius 3 is 2.76 bits per heavy atom. The van der Waals surface area contributed by atoms with Crippen LogP contribution >= 0.6 is 0 Å². The van der Waals surface area contributed by atoms with Crippen LogP contribution in [0.1, 0.15) is 19.3 Å². The zero-order valence-corrected chi connectivity index (χ0v) is 10.8. The van der Waals surface area contributed by atoms with Crippen LogP contribution < -0.4 is 5.73 Å². The lowest BCUT2D eigenvalue weighted by atomic mass is 10.1. The van der Waals surface area contributed by atoms with Crippen molar-refractivity contribution in [2.45, 2.75) is 19.3 Å². The second-order valence-corrected chi connectivity index (χ2v) is 4.89. The van der Waals surface area contributed by atoms with E-state index in [1.165, 1.54) is 0 Å². The predicted octanol–water partition coefficient (Wildman–Crippen LogP) is -0.502. The fourth-order valence-electron chi connectivity index (χ4n) is 2.20. The molecule has 5 heteroatoms. The highest BCUT2D eigenvalue weighted by molar-refractivity contribution is 5.78. The zero-order valence-electron chi connectivity index (χ0n) is 10.8. The first-order valence-corrected chi connectivity index (χ1v) is 6.44. The van der Waals surface area contributed by atoms with E-state index in [2.05, 4.69) is 11.9 Å². The SMILES string of the molecule is CN(CCCN)CCCN1CC(CO)CC1=O. The molecule has 0 aromatic heterocycles. The first-order valence-electron chi connectivity index (χ1n) is 6.44. The van der Waals surface area contributed by atoms with Gasteiger partial charge in [-0.3, -0.25) is 4.79 Å². The average Bonchev–Trinajstić information content (AvgIpc) is 2.68. The Kier molecular flexibility index (Phi) is 6.47. The average molecular weight is 243 g/mol. The Morgan fingerprint density at radius 1 is 1.47 bits per heavy atom. The second-order valence-electron chi connectivity index (χ2n) is 4.89. The Bertz CT molecular complexity index is 236. The molecule has 1 saturated heterocycles. The first-order chi connectivity index (χ1) is 8.17. The van der Waals surface area contributed by atoms with Gasteiger partial charge in [-0.15, -0.1) is 0 Å². The van der Waals surface area contributed by atoms with Gasteiger partial charge in [0, 0.05) is 32.0 Å². The Labute approximate surface area is 104 Å². The van der Waals surface area contributed by atoms with Gasteiger partial charge in [0.1, 0.15) is 0 Å². The fourth-order valence-corrected chi connectivity index (χ4v) is 2.20. The number of carbonyl (C=O) groups is 1. The number of amides is 1. The molecular weight excluding hydrogens is 218 g/mol. The molecule has 0 spiro atoms. The van der Waals surface area contributed by atoms with Gasteiger partial charge >= 0.3 is 0 Å². The highest BCUT2D eigenvalue weighted by atomic mass is 16.3. The van der Waals surface area contributed by atoms with E-state index in [-0.39, 0.29) is 18.4 Å². The van der Waals surface area contributed by atoms with Gasteiger partial charge in [0.25, 0.3) is 0 Å². The van der Waals surface area contributed by atoms with Crippen LogP contribution in [0.5, 0.6) is 0 Å². The molecule has 5 nitrogen and oxygen atoms in total. The summed E-state index contributed by atoms with van der Waals surface area (Å²) in [5.74, 6) is 0.339. The van der Waals surface area contributed by atoms with Crippen LogP contribution in [0.4, 0.5) is 0 Å². The third-order valence-electron chi connectivity index (χ3n) is 3.26. The van der Waals surface area contributed by atoms with Crippen LogP contribution in [0, 0.1) is 5.92 Å². The van der Waals surface area contributed by atoms with Crippen molar-refractivity contribution in [3.63, 3.8) is 0 Å². The van der Waals surface area contributed by atoms with Crippen molar-refractivity contribution in [2.24, 2.45) is 11.7 Å². The van der Waals surface area contributed by atoms with Crippen molar-refractivity contribution < 1.29 is 9.90 Å². The van der Waals surface area contributed by atoms with E-state index in [0.717, 1.165) is 45.6 Å². The number of hydrogen-bond donors (Lipinski definition) is 2. The highest BCUT2D eigenvalue weighted by Gasteiger charge is 2.28. The number of likely N-dealkylation sites (tertiary alicyclic amines) is 1. The highest BCUT2D eigenvalue weighted by Crippen LogP contribution is 2.16. The Hall–Kier alpha value is -0.650. The van der Waals surface area contributed by atoms with Crippen molar-refractivity contribution in [2.75, 3.05) is 46.4 Å². The van der Waals surface area contributed by atoms with Crippen molar-refractivity contribution in [3.05, 3.63) is 0 Å². The fraction of sp³-hybridized carbons (Fsp3) is 0.917. The second kappa shape index (κ2) is 7.63. The Balaban J connectivity index is 2.12. The van der Waals surface area contributed by atoms with E-state index in [9.17, 15) is 4.79 Å². The van der Waals surface area contributed by atoms with Gasteiger partial charge in [0.05, 0.1) is 0 Å². The molecule has 0 aromatic rings. The summed E-state index contributed by atoms with van der Waals surface area (Å²) < 4.78 is 0. The molecule has 1 rings (SSSR count). The molecule has 1 unspecified atom stereocenters. The Morgan fingerprint density at radius 2 is 2.18 bits per heavy atom. The van der Waals surface area contributed by atoms with Crippen LogP contribution in [-0.2, 0) is 4.79 Å². The first kappa shape index (κ1) is 14.4. The summed E-state index contributed by atoms with van der Waals surface area (Å²) in [7, 11) is 2.08. The number of nitrogens with zero attached hydrogens (tertiary/aromatic N) is 2. The molecule has 1 amide bonds. The molecule has 3 N–H and O–H groups in total. The summed E-state index contributed by atoms with van der Waals surface area (Å²) in [5.41, 5.74) is 5.45. The van der Waals surface area contributed by atoms with E-state index in [4.69, 9.17) is 10.8 Å². The number of rotatable bonds is 8. The van der Waals surface area contributed by atoms with Gasteiger partial charge in [-0.25, -0.2) is 0 Å². The van der Waals surface area contributed by atoms with Crippen LogP contribution in [-0.4, -0.2) is 67.2 Å². The van der Waals surface area contributed by atoms with Crippen LogP contribution in [0.2, 0.25) is 0 Å². The maximum atomic E-state index is 11.6. The lowest BCUT2D eigenvalue weighted by Crippen LogP contribution is -2.30. The van der Waals surface area contributed by atoms with Crippen molar-refractivity contribution >= 4 is 5.91 Å². The molecule has 0 aliphatic carbocycles. The molecule has 0 aromatic carbocycles. The molecule has 0 radical (unpaired) electrons. The largest absolute Gasteiger partial charge is 0.396 e. The van der Waals surface area contributed by atoms with Crippen LogP contribution in [0.25, 0.3) is 0 Å². The maximum Gasteiger partial charge on any atom is 0.223 e. The van der Waals surface area contributed by atoms with Crippen molar-refractivity contribution in [3.8, 4) is 0 Å². The van der Waals surface area contributed by atoms with Crippen LogP contribution in [0.15, 0.2) is 0 Å². The number of hydrogen-bond acceptors (Lipinski definition) is 4. The summed E-state index contributed by atoms with van der Waals surface area (Å²) >= 11 is 0. The van der Waals surface area contributed by atoms with E-state index in [0.29, 0.717) is 6.42 Å². The molecule has 1 aliphatic heterocycles. The van der Waals surface area contributed by atoms with E-state index in [1.807, 2.05) is 4.90 Å². The van der Waals surface area contributed by atoms with Crippen LogP contribution in [0.3, 0.4) is 0 Å². The molecule has 100 valence electrons. The minimum absolute atomic E-state index is 0.124. The summed E-state index contributed by atoms with van der Waals surface area (Å²) in [6, 6.07) is 0. The normalized spacial score (nSPS) is 20.6. The molecule has 1 heterocycles. The summed E-state index contributed by atoms with van der Waals surface area (Å²) in [6.07, 6.45) is 2.52. The predicted molar refractivity (Wildman–Crippen MR) is 67.6 cm³/mol. The van der Waals surface area contributed by atoms with E-state index >= 15 is 0 Å². The van der Waals surface area contributed by atoms with Gasteiger partial charge in [-0.2, -0.15) is 0 Å².